The number of fused-ring (bicyclic) bond motifs is 1. The van der Waals surface area contributed by atoms with Crippen LogP contribution in [0.4, 0.5) is 0 Å². The summed E-state index contributed by atoms with van der Waals surface area (Å²) in [5.41, 5.74) is 2.59. The van der Waals surface area contributed by atoms with Crippen molar-refractivity contribution >= 4 is 0 Å². The molecule has 3 rings (SSSR count). The van der Waals surface area contributed by atoms with Gasteiger partial charge in [-0.25, -0.2) is 4.98 Å². The molecule has 0 bridgehead atoms. The minimum Gasteiger partial charge on any atom is -0.490 e. The highest BCUT2D eigenvalue weighted by molar-refractivity contribution is 5.46. The van der Waals surface area contributed by atoms with Crippen LogP contribution in [-0.2, 0) is 24.9 Å². The van der Waals surface area contributed by atoms with Crippen molar-refractivity contribution in [3.63, 3.8) is 0 Å². The quantitative estimate of drug-likeness (QED) is 0.825. The smallest absolute Gasteiger partial charge is 0.255 e. The highest BCUT2D eigenvalue weighted by atomic mass is 16.5. The molecule has 0 atom stereocenters. The molecule has 0 aliphatic carbocycles. The van der Waals surface area contributed by atoms with Crippen LogP contribution in [0, 0.1) is 0 Å². The molecular weight excluding hydrogens is 354 g/mol. The lowest BCUT2D eigenvalue weighted by Crippen LogP contribution is -2.37. The number of aromatic nitrogens is 2. The van der Waals surface area contributed by atoms with Crippen LogP contribution < -0.4 is 15.0 Å². The summed E-state index contributed by atoms with van der Waals surface area (Å²) < 4.78 is 11.6. The second-order valence-electron chi connectivity index (χ2n) is 8.16. The minimum absolute atomic E-state index is 0.0206. The SMILES string of the molecule is CCOc1cccc(CN2CCc3nc(C(C)(C)C)[nH]c(=O)c3C2)c1OCC. The zero-order chi connectivity index (χ0) is 20.3. The van der Waals surface area contributed by atoms with Gasteiger partial charge in [0.2, 0.25) is 0 Å². The summed E-state index contributed by atoms with van der Waals surface area (Å²) in [6.45, 7) is 13.5. The molecule has 6 nitrogen and oxygen atoms in total. The van der Waals surface area contributed by atoms with E-state index in [1.807, 2.05) is 26.0 Å². The van der Waals surface area contributed by atoms with Crippen molar-refractivity contribution in [3.8, 4) is 11.5 Å². The number of nitrogens with one attached hydrogen (secondary N) is 1. The Hall–Kier alpha value is -2.34. The van der Waals surface area contributed by atoms with Crippen LogP contribution in [0.3, 0.4) is 0 Å². The van der Waals surface area contributed by atoms with Crippen LogP contribution >= 0.6 is 0 Å². The van der Waals surface area contributed by atoms with Gasteiger partial charge in [0.1, 0.15) is 5.82 Å². The largest absolute Gasteiger partial charge is 0.490 e. The Morgan fingerprint density at radius 2 is 1.93 bits per heavy atom. The fraction of sp³-hybridized carbons (Fsp3) is 0.545. The lowest BCUT2D eigenvalue weighted by Gasteiger charge is -2.29. The van der Waals surface area contributed by atoms with Gasteiger partial charge in [0.25, 0.3) is 5.56 Å². The second kappa shape index (κ2) is 8.35. The fourth-order valence-electron chi connectivity index (χ4n) is 3.48. The van der Waals surface area contributed by atoms with Gasteiger partial charge in [0, 0.05) is 37.0 Å². The maximum atomic E-state index is 12.7. The van der Waals surface area contributed by atoms with Crippen LogP contribution in [0.15, 0.2) is 23.0 Å². The molecule has 152 valence electrons. The third kappa shape index (κ3) is 4.38. The van der Waals surface area contributed by atoms with E-state index in [1.54, 1.807) is 0 Å². The molecule has 0 radical (unpaired) electrons. The van der Waals surface area contributed by atoms with Crippen molar-refractivity contribution in [2.45, 2.75) is 59.5 Å². The lowest BCUT2D eigenvalue weighted by molar-refractivity contribution is 0.231. The number of rotatable bonds is 6. The molecule has 1 aliphatic heterocycles. The van der Waals surface area contributed by atoms with E-state index >= 15 is 0 Å². The average molecular weight is 386 g/mol. The number of hydrogen-bond donors (Lipinski definition) is 1. The van der Waals surface area contributed by atoms with Crippen molar-refractivity contribution in [1.82, 2.24) is 14.9 Å². The van der Waals surface area contributed by atoms with Crippen molar-refractivity contribution < 1.29 is 9.47 Å². The first-order valence-electron chi connectivity index (χ1n) is 10.1. The first kappa shape index (κ1) is 20.4. The summed E-state index contributed by atoms with van der Waals surface area (Å²) in [6.07, 6.45) is 0.775. The molecule has 0 spiro atoms. The molecule has 1 N–H and O–H groups in total. The zero-order valence-corrected chi connectivity index (χ0v) is 17.6. The number of benzene rings is 1. The maximum absolute atomic E-state index is 12.7. The molecule has 2 aromatic rings. The van der Waals surface area contributed by atoms with Gasteiger partial charge in [-0.15, -0.1) is 0 Å². The number of para-hydroxylation sites is 1. The summed E-state index contributed by atoms with van der Waals surface area (Å²) in [4.78, 5) is 22.7. The Kier molecular flexibility index (Phi) is 6.08. The Bertz CT molecular complexity index is 884. The molecule has 0 saturated heterocycles. The normalized spacial score (nSPS) is 14.6. The monoisotopic (exact) mass is 385 g/mol. The lowest BCUT2D eigenvalue weighted by atomic mass is 9.95. The van der Waals surface area contributed by atoms with E-state index in [2.05, 4.69) is 36.7 Å². The number of aromatic amines is 1. The van der Waals surface area contributed by atoms with E-state index in [9.17, 15) is 4.79 Å². The van der Waals surface area contributed by atoms with E-state index in [4.69, 9.17) is 14.5 Å². The van der Waals surface area contributed by atoms with Crippen molar-refractivity contribution in [3.05, 3.63) is 51.2 Å². The molecule has 1 aliphatic rings. The number of nitrogens with zero attached hydrogens (tertiary/aromatic N) is 2. The van der Waals surface area contributed by atoms with Gasteiger partial charge in [0.05, 0.1) is 24.5 Å². The zero-order valence-electron chi connectivity index (χ0n) is 17.6. The van der Waals surface area contributed by atoms with Gasteiger partial charge < -0.3 is 14.5 Å². The van der Waals surface area contributed by atoms with E-state index in [-0.39, 0.29) is 11.0 Å². The van der Waals surface area contributed by atoms with Crippen LogP contribution in [-0.4, -0.2) is 34.6 Å². The van der Waals surface area contributed by atoms with Crippen LogP contribution in [0.5, 0.6) is 11.5 Å². The molecule has 6 heteroatoms. The van der Waals surface area contributed by atoms with Gasteiger partial charge >= 0.3 is 0 Å². The van der Waals surface area contributed by atoms with Gasteiger partial charge in [-0.05, 0) is 19.9 Å². The summed E-state index contributed by atoms with van der Waals surface area (Å²) in [5.74, 6) is 2.33. The van der Waals surface area contributed by atoms with E-state index in [1.165, 1.54) is 0 Å². The third-order valence-electron chi connectivity index (χ3n) is 4.90. The Balaban J connectivity index is 1.84. The topological polar surface area (TPSA) is 67.5 Å². The van der Waals surface area contributed by atoms with Crippen LogP contribution in [0.2, 0.25) is 0 Å². The number of hydrogen-bond acceptors (Lipinski definition) is 5. The summed E-state index contributed by atoms with van der Waals surface area (Å²) >= 11 is 0. The van der Waals surface area contributed by atoms with E-state index < -0.39 is 0 Å². The fourth-order valence-corrected chi connectivity index (χ4v) is 3.48. The van der Waals surface area contributed by atoms with Crippen molar-refractivity contribution in [2.24, 2.45) is 0 Å². The van der Waals surface area contributed by atoms with E-state index in [0.29, 0.717) is 26.3 Å². The average Bonchev–Trinajstić information content (AvgIpc) is 2.64. The number of H-pyrrole nitrogens is 1. The summed E-state index contributed by atoms with van der Waals surface area (Å²) in [5, 5.41) is 0. The van der Waals surface area contributed by atoms with Crippen molar-refractivity contribution in [2.75, 3.05) is 19.8 Å². The summed E-state index contributed by atoms with van der Waals surface area (Å²) in [7, 11) is 0. The van der Waals surface area contributed by atoms with Gasteiger partial charge in [-0.2, -0.15) is 0 Å². The first-order chi connectivity index (χ1) is 13.3. The van der Waals surface area contributed by atoms with E-state index in [0.717, 1.165) is 47.1 Å². The molecule has 0 unspecified atom stereocenters. The van der Waals surface area contributed by atoms with Crippen LogP contribution in [0.1, 0.15) is 57.3 Å². The van der Waals surface area contributed by atoms with Crippen LogP contribution in [0.25, 0.3) is 0 Å². The standard InChI is InChI=1S/C22H31N3O3/c1-6-27-18-10-8-9-15(19(18)28-7-2)13-25-12-11-17-16(14-25)20(26)24-21(23-17)22(3,4)5/h8-10H,6-7,11-14H2,1-5H3,(H,23,24,26). The maximum Gasteiger partial charge on any atom is 0.255 e. The Morgan fingerprint density at radius 3 is 2.61 bits per heavy atom. The van der Waals surface area contributed by atoms with Gasteiger partial charge in [-0.1, -0.05) is 32.9 Å². The predicted molar refractivity (Wildman–Crippen MR) is 110 cm³/mol. The molecule has 0 fully saturated rings. The Labute approximate surface area is 166 Å². The second-order valence-corrected chi connectivity index (χ2v) is 8.16. The number of ether oxygens (including phenoxy) is 2. The molecular formula is C22H31N3O3. The molecule has 0 saturated carbocycles. The molecule has 0 amide bonds. The predicted octanol–water partition coefficient (Wildman–Crippen LogP) is 3.42. The van der Waals surface area contributed by atoms with Crippen molar-refractivity contribution in [1.29, 1.82) is 0 Å². The Morgan fingerprint density at radius 1 is 1.18 bits per heavy atom. The molecule has 1 aromatic heterocycles. The highest BCUT2D eigenvalue weighted by Crippen LogP contribution is 2.33. The molecule has 2 heterocycles. The highest BCUT2D eigenvalue weighted by Gasteiger charge is 2.25. The van der Waals surface area contributed by atoms with Gasteiger partial charge in [0.15, 0.2) is 11.5 Å². The molecule has 28 heavy (non-hydrogen) atoms. The third-order valence-corrected chi connectivity index (χ3v) is 4.90. The minimum atomic E-state index is -0.169. The molecule has 1 aromatic carbocycles. The first-order valence-corrected chi connectivity index (χ1v) is 10.1. The van der Waals surface area contributed by atoms with Gasteiger partial charge in [-0.3, -0.25) is 9.69 Å². The summed E-state index contributed by atoms with van der Waals surface area (Å²) in [6, 6.07) is 5.99.